The van der Waals surface area contributed by atoms with Gasteiger partial charge >= 0.3 is 11.9 Å². The molecule has 0 saturated heterocycles. The van der Waals surface area contributed by atoms with E-state index in [1.165, 1.54) is 6.92 Å². The number of carbonyl (C=O) groups is 5. The highest BCUT2D eigenvalue weighted by atomic mass is 16.4. The highest BCUT2D eigenvalue weighted by Gasteiger charge is 2.31. The Balaban J connectivity index is 5.63. The molecule has 5 unspecified atom stereocenters. The molecule has 0 radical (unpaired) electrons. The number of nitrogens with zero attached hydrogens (tertiary/aromatic N) is 1. The van der Waals surface area contributed by atoms with Crippen LogP contribution in [0.15, 0.2) is 4.99 Å². The Kier molecular flexibility index (Phi) is 15.4. The van der Waals surface area contributed by atoms with Crippen molar-refractivity contribution < 1.29 is 39.3 Å². The largest absolute Gasteiger partial charge is 0.481 e. The summed E-state index contributed by atoms with van der Waals surface area (Å²) in [5, 5.41) is 34.9. The van der Waals surface area contributed by atoms with E-state index >= 15 is 0 Å². The molecule has 16 nitrogen and oxygen atoms in total. The van der Waals surface area contributed by atoms with Gasteiger partial charge in [0.1, 0.15) is 24.2 Å². The number of aliphatic hydroxyl groups excluding tert-OH is 1. The van der Waals surface area contributed by atoms with Gasteiger partial charge in [0.15, 0.2) is 5.96 Å². The number of guanidine groups is 1. The van der Waals surface area contributed by atoms with Gasteiger partial charge in [-0.3, -0.25) is 24.2 Å². The van der Waals surface area contributed by atoms with E-state index in [-0.39, 0.29) is 31.8 Å². The number of aliphatic hydroxyl groups is 1. The van der Waals surface area contributed by atoms with Crippen molar-refractivity contribution in [2.24, 2.45) is 27.9 Å². The van der Waals surface area contributed by atoms with Crippen molar-refractivity contribution in [3.05, 3.63) is 0 Å². The summed E-state index contributed by atoms with van der Waals surface area (Å²) in [5.41, 5.74) is 21.5. The molecule has 0 aromatic heterocycles. The highest BCUT2D eigenvalue weighted by Crippen LogP contribution is 2.06. The van der Waals surface area contributed by atoms with Gasteiger partial charge in [0.05, 0.1) is 12.5 Å². The molecule has 0 aromatic rings. The van der Waals surface area contributed by atoms with E-state index in [2.05, 4.69) is 20.9 Å². The molecule has 206 valence electrons. The minimum atomic E-state index is -1.63. The first-order chi connectivity index (χ1) is 16.8. The number of hydrogen-bond donors (Lipinski definition) is 10. The Morgan fingerprint density at radius 2 is 1.36 bits per heavy atom. The molecule has 3 amide bonds. The monoisotopic (exact) mass is 518 g/mol. The predicted octanol–water partition coefficient (Wildman–Crippen LogP) is -4.11. The van der Waals surface area contributed by atoms with Crippen molar-refractivity contribution in [3.8, 4) is 0 Å². The number of hydrogen-bond acceptors (Lipinski definition) is 9. The molecule has 0 heterocycles. The molecule has 0 aliphatic rings. The normalized spacial score (nSPS) is 14.9. The fourth-order valence-electron chi connectivity index (χ4n) is 2.94. The zero-order valence-electron chi connectivity index (χ0n) is 20.2. The number of rotatable bonds is 18. The molecule has 5 atom stereocenters. The van der Waals surface area contributed by atoms with Gasteiger partial charge in [-0.1, -0.05) is 0 Å². The Morgan fingerprint density at radius 3 is 1.86 bits per heavy atom. The van der Waals surface area contributed by atoms with Gasteiger partial charge in [0.2, 0.25) is 17.7 Å². The first kappa shape index (κ1) is 32.5. The average Bonchev–Trinajstić information content (AvgIpc) is 2.78. The van der Waals surface area contributed by atoms with Crippen LogP contribution in [-0.2, 0) is 24.0 Å². The van der Waals surface area contributed by atoms with Crippen LogP contribution in [0.3, 0.4) is 0 Å². The minimum absolute atomic E-state index is 0.0373. The maximum Gasteiger partial charge on any atom is 0.326 e. The maximum absolute atomic E-state index is 12.9. The van der Waals surface area contributed by atoms with Crippen LogP contribution in [-0.4, -0.2) is 94.3 Å². The van der Waals surface area contributed by atoms with Crippen molar-refractivity contribution in [2.45, 2.75) is 75.7 Å². The minimum Gasteiger partial charge on any atom is -0.481 e. The number of amides is 3. The van der Waals surface area contributed by atoms with Crippen LogP contribution in [0.25, 0.3) is 0 Å². The summed E-state index contributed by atoms with van der Waals surface area (Å²) in [6, 6.07) is -5.62. The van der Waals surface area contributed by atoms with Crippen LogP contribution in [0.4, 0.5) is 0 Å². The summed E-state index contributed by atoms with van der Waals surface area (Å²) in [6.45, 7) is 1.68. The van der Waals surface area contributed by atoms with Gasteiger partial charge < -0.3 is 54.2 Å². The lowest BCUT2D eigenvalue weighted by molar-refractivity contribution is -0.143. The fraction of sp³-hybridized carbons (Fsp3) is 0.700. The highest BCUT2D eigenvalue weighted by molar-refractivity contribution is 5.95. The van der Waals surface area contributed by atoms with Gasteiger partial charge in [0.25, 0.3) is 0 Å². The Labute approximate surface area is 208 Å². The quantitative estimate of drug-likeness (QED) is 0.0470. The fourth-order valence-corrected chi connectivity index (χ4v) is 2.94. The Bertz CT molecular complexity index is 788. The van der Waals surface area contributed by atoms with Crippen LogP contribution >= 0.6 is 0 Å². The van der Waals surface area contributed by atoms with Crippen LogP contribution < -0.4 is 38.9 Å². The molecular weight excluding hydrogens is 480 g/mol. The summed E-state index contributed by atoms with van der Waals surface area (Å²) in [7, 11) is 0. The van der Waals surface area contributed by atoms with Gasteiger partial charge in [-0.25, -0.2) is 4.79 Å². The van der Waals surface area contributed by atoms with Gasteiger partial charge in [-0.05, 0) is 45.6 Å². The zero-order chi connectivity index (χ0) is 27.8. The lowest BCUT2D eigenvalue weighted by Crippen LogP contribution is -2.58. The summed E-state index contributed by atoms with van der Waals surface area (Å²) in [5.74, 6) is -5.75. The molecule has 36 heavy (non-hydrogen) atoms. The summed E-state index contributed by atoms with van der Waals surface area (Å²) < 4.78 is 0. The SMILES string of the molecule is CC(O)C(N)C(=O)NC(CC(=O)O)C(=O)NC(CCCN=C(N)N)C(=O)NC(CCCCN)C(=O)O. The third-order valence-electron chi connectivity index (χ3n) is 4.97. The lowest BCUT2D eigenvalue weighted by atomic mass is 10.1. The first-order valence-electron chi connectivity index (χ1n) is 11.3. The van der Waals surface area contributed by atoms with Gasteiger partial charge in [-0.15, -0.1) is 0 Å². The van der Waals surface area contributed by atoms with Crippen molar-refractivity contribution in [1.29, 1.82) is 0 Å². The molecule has 0 aromatic carbocycles. The van der Waals surface area contributed by atoms with E-state index in [0.717, 1.165) is 0 Å². The van der Waals surface area contributed by atoms with Gasteiger partial charge in [0, 0.05) is 6.54 Å². The topological polar surface area (TPSA) is 299 Å². The van der Waals surface area contributed by atoms with Crippen molar-refractivity contribution >= 4 is 35.6 Å². The predicted molar refractivity (Wildman–Crippen MR) is 128 cm³/mol. The Hall–Kier alpha value is -3.50. The van der Waals surface area contributed by atoms with Crippen LogP contribution in [0.1, 0.15) is 45.4 Å². The first-order valence-corrected chi connectivity index (χ1v) is 11.3. The molecule has 0 bridgehead atoms. The number of carboxylic acid groups (broad SMARTS) is 2. The number of aliphatic carboxylic acids is 2. The van der Waals surface area contributed by atoms with Crippen LogP contribution in [0.5, 0.6) is 0 Å². The van der Waals surface area contributed by atoms with Crippen molar-refractivity contribution in [1.82, 2.24) is 16.0 Å². The average molecular weight is 519 g/mol. The molecule has 0 saturated carbocycles. The number of carboxylic acids is 2. The molecule has 0 spiro atoms. The Morgan fingerprint density at radius 1 is 0.833 bits per heavy atom. The molecule has 0 aliphatic carbocycles. The summed E-state index contributed by atoms with van der Waals surface area (Å²) in [6.07, 6.45) is -0.881. The number of aliphatic imine (C=N–C) groups is 1. The molecule has 16 heteroatoms. The lowest BCUT2D eigenvalue weighted by Gasteiger charge is -2.25. The van der Waals surface area contributed by atoms with Crippen molar-refractivity contribution in [3.63, 3.8) is 0 Å². The number of nitrogens with two attached hydrogens (primary N) is 4. The van der Waals surface area contributed by atoms with E-state index in [0.29, 0.717) is 19.4 Å². The van der Waals surface area contributed by atoms with Crippen LogP contribution in [0.2, 0.25) is 0 Å². The van der Waals surface area contributed by atoms with Crippen molar-refractivity contribution in [2.75, 3.05) is 13.1 Å². The number of nitrogens with one attached hydrogen (secondary N) is 3. The van der Waals surface area contributed by atoms with E-state index < -0.39 is 66.4 Å². The second kappa shape index (κ2) is 17.0. The van der Waals surface area contributed by atoms with E-state index in [1.54, 1.807) is 0 Å². The molecule has 0 aliphatic heterocycles. The number of carbonyl (C=O) groups excluding carboxylic acids is 3. The second-order valence-electron chi connectivity index (χ2n) is 8.12. The standard InChI is InChI=1S/C20H38N8O8/c1-10(29)15(22)18(34)28-13(9-14(30)31)17(33)26-11(6-4-8-25-20(23)24)16(32)27-12(19(35)36)5-2-3-7-21/h10-13,15,29H,2-9,21-22H2,1H3,(H,26,33)(H,27,32)(H,28,34)(H,30,31)(H,35,36)(H4,23,24,25). The molecule has 0 rings (SSSR count). The smallest absolute Gasteiger partial charge is 0.326 e. The summed E-state index contributed by atoms with van der Waals surface area (Å²) >= 11 is 0. The molecule has 0 fully saturated rings. The molecule has 14 N–H and O–H groups in total. The third kappa shape index (κ3) is 13.4. The van der Waals surface area contributed by atoms with E-state index in [4.69, 9.17) is 28.0 Å². The van der Waals surface area contributed by atoms with E-state index in [1.807, 2.05) is 0 Å². The zero-order valence-corrected chi connectivity index (χ0v) is 20.2. The third-order valence-corrected chi connectivity index (χ3v) is 4.97. The molecular formula is C20H38N8O8. The second-order valence-corrected chi connectivity index (χ2v) is 8.12. The van der Waals surface area contributed by atoms with E-state index in [9.17, 15) is 34.2 Å². The number of unbranched alkanes of at least 4 members (excludes halogenated alkanes) is 1. The van der Waals surface area contributed by atoms with Crippen LogP contribution in [0, 0.1) is 0 Å². The maximum atomic E-state index is 12.9. The summed E-state index contributed by atoms with van der Waals surface area (Å²) in [4.78, 5) is 64.4. The van der Waals surface area contributed by atoms with Gasteiger partial charge in [-0.2, -0.15) is 0 Å².